The van der Waals surface area contributed by atoms with E-state index in [1.807, 2.05) is 29.2 Å². The highest BCUT2D eigenvalue weighted by atomic mass is 32.1. The minimum atomic E-state index is -0.289. The van der Waals surface area contributed by atoms with Crippen LogP contribution in [0.3, 0.4) is 0 Å². The lowest BCUT2D eigenvalue weighted by Gasteiger charge is -2.28. The van der Waals surface area contributed by atoms with Crippen LogP contribution in [0.25, 0.3) is 0 Å². The number of para-hydroxylation sites is 1. The Hall–Kier alpha value is -2.73. The van der Waals surface area contributed by atoms with Gasteiger partial charge in [0, 0.05) is 24.1 Å². The number of aryl methyl sites for hydroxylation is 1. The second kappa shape index (κ2) is 7.36. The van der Waals surface area contributed by atoms with Crippen LogP contribution in [-0.2, 0) is 6.54 Å². The van der Waals surface area contributed by atoms with E-state index in [4.69, 9.17) is 12.2 Å². The molecule has 1 aliphatic rings. The molecule has 6 heteroatoms. The maximum atomic E-state index is 14.7. The minimum absolute atomic E-state index is 0.167. The first-order valence-electron chi connectivity index (χ1n) is 9.44. The second-order valence-corrected chi connectivity index (χ2v) is 7.41. The number of halogens is 1. The Bertz CT molecular complexity index is 1010. The lowest BCUT2D eigenvalue weighted by atomic mass is 9.96. The molecule has 1 fully saturated rings. The number of hydrogen-bond donors (Lipinski definition) is 1. The molecule has 4 nitrogen and oxygen atoms in total. The summed E-state index contributed by atoms with van der Waals surface area (Å²) in [6.45, 7) is 7.23. The van der Waals surface area contributed by atoms with Gasteiger partial charge in [0.05, 0.1) is 23.5 Å². The van der Waals surface area contributed by atoms with Gasteiger partial charge >= 0.3 is 0 Å². The van der Waals surface area contributed by atoms with Crippen LogP contribution < -0.4 is 10.2 Å². The smallest absolute Gasteiger partial charge is 0.174 e. The van der Waals surface area contributed by atoms with Crippen LogP contribution >= 0.6 is 12.2 Å². The summed E-state index contributed by atoms with van der Waals surface area (Å²) in [4.78, 5) is 6.45. The van der Waals surface area contributed by atoms with Crippen molar-refractivity contribution in [1.82, 2.24) is 14.9 Å². The molecule has 4 rings (SSSR count). The molecule has 2 atom stereocenters. The lowest BCUT2D eigenvalue weighted by Crippen LogP contribution is -2.30. The molecule has 0 spiro atoms. The molecule has 0 unspecified atom stereocenters. The van der Waals surface area contributed by atoms with Gasteiger partial charge < -0.3 is 14.8 Å². The fraction of sp³-hybridized carbons (Fsp3) is 0.273. The van der Waals surface area contributed by atoms with Crippen LogP contribution in [0.2, 0.25) is 0 Å². The first-order chi connectivity index (χ1) is 13.5. The Labute approximate surface area is 170 Å². The summed E-state index contributed by atoms with van der Waals surface area (Å²) in [5.74, 6) is -0.289. The van der Waals surface area contributed by atoms with E-state index in [1.165, 1.54) is 17.5 Å². The highest BCUT2D eigenvalue weighted by molar-refractivity contribution is 7.80. The summed E-state index contributed by atoms with van der Waals surface area (Å²) in [7, 11) is 0. The molecule has 28 heavy (non-hydrogen) atoms. The van der Waals surface area contributed by atoms with E-state index in [0.717, 1.165) is 17.8 Å². The number of aromatic nitrogens is 2. The van der Waals surface area contributed by atoms with Crippen LogP contribution in [0, 0.1) is 19.7 Å². The van der Waals surface area contributed by atoms with E-state index in [0.29, 0.717) is 10.8 Å². The Balaban J connectivity index is 1.91. The Morgan fingerprint density at radius 2 is 1.89 bits per heavy atom. The number of nitrogens with one attached hydrogen (secondary N) is 1. The zero-order valence-corrected chi connectivity index (χ0v) is 17.0. The highest BCUT2D eigenvalue weighted by Crippen LogP contribution is 2.43. The van der Waals surface area contributed by atoms with Crippen molar-refractivity contribution in [3.8, 4) is 0 Å². The zero-order chi connectivity index (χ0) is 19.8. The molecule has 1 aliphatic heterocycles. The quantitative estimate of drug-likeness (QED) is 0.642. The first-order valence-corrected chi connectivity index (χ1v) is 9.85. The fourth-order valence-electron chi connectivity index (χ4n) is 4.19. The molecule has 3 heterocycles. The standard InChI is InChI=1S/C22H23FN4S/c1-4-26-14(2)13-16(15(26)3)21-20(18-10-7-8-12-24-18)25-22(28)27(21)19-11-6-5-9-17(19)23/h5-13,20-21H,4H2,1-3H3,(H,25,28)/t20-,21+/m1/s1. The summed E-state index contributed by atoms with van der Waals surface area (Å²) < 4.78 is 17.0. The molecule has 1 aromatic carbocycles. The molecule has 1 N–H and O–H groups in total. The molecule has 0 amide bonds. The van der Waals surface area contributed by atoms with E-state index >= 15 is 0 Å². The van der Waals surface area contributed by atoms with Gasteiger partial charge in [-0.05, 0) is 68.9 Å². The number of benzene rings is 1. The molecule has 3 aromatic rings. The van der Waals surface area contributed by atoms with Crippen LogP contribution in [0.1, 0.15) is 41.7 Å². The van der Waals surface area contributed by atoms with Crippen molar-refractivity contribution < 1.29 is 4.39 Å². The van der Waals surface area contributed by atoms with Crippen LogP contribution in [0.5, 0.6) is 0 Å². The maximum Gasteiger partial charge on any atom is 0.174 e. The van der Waals surface area contributed by atoms with Crippen molar-refractivity contribution in [2.75, 3.05) is 4.90 Å². The van der Waals surface area contributed by atoms with E-state index in [1.54, 1.807) is 18.3 Å². The summed E-state index contributed by atoms with van der Waals surface area (Å²) in [6, 6.07) is 14.4. The highest BCUT2D eigenvalue weighted by Gasteiger charge is 2.42. The van der Waals surface area contributed by atoms with E-state index < -0.39 is 0 Å². The zero-order valence-electron chi connectivity index (χ0n) is 16.2. The molecule has 144 valence electrons. The number of anilines is 1. The molecule has 0 bridgehead atoms. The van der Waals surface area contributed by atoms with Gasteiger partial charge in [0.25, 0.3) is 0 Å². The van der Waals surface area contributed by atoms with Gasteiger partial charge in [-0.25, -0.2) is 4.39 Å². The molecular weight excluding hydrogens is 371 g/mol. The SMILES string of the molecule is CCn1c(C)cc([C@H]2[C@@H](c3ccccn3)NC(=S)N2c2ccccc2F)c1C. The molecule has 0 saturated carbocycles. The number of nitrogens with zero attached hydrogens (tertiary/aromatic N) is 3. The summed E-state index contributed by atoms with van der Waals surface area (Å²) in [6.07, 6.45) is 1.78. The second-order valence-electron chi connectivity index (χ2n) is 7.02. The fourth-order valence-corrected chi connectivity index (χ4v) is 4.53. The van der Waals surface area contributed by atoms with Gasteiger partial charge in [-0.3, -0.25) is 4.98 Å². The first kappa shape index (κ1) is 18.6. The number of hydrogen-bond acceptors (Lipinski definition) is 2. The van der Waals surface area contributed by atoms with Crippen molar-refractivity contribution in [1.29, 1.82) is 0 Å². The Morgan fingerprint density at radius 3 is 2.54 bits per heavy atom. The number of rotatable bonds is 4. The maximum absolute atomic E-state index is 14.7. The monoisotopic (exact) mass is 394 g/mol. The van der Waals surface area contributed by atoms with Gasteiger partial charge in [0.1, 0.15) is 5.82 Å². The normalized spacial score (nSPS) is 19.1. The van der Waals surface area contributed by atoms with Crippen molar-refractivity contribution in [2.24, 2.45) is 0 Å². The van der Waals surface area contributed by atoms with Gasteiger partial charge in [-0.15, -0.1) is 0 Å². The van der Waals surface area contributed by atoms with E-state index in [2.05, 4.69) is 41.7 Å². The van der Waals surface area contributed by atoms with Crippen LogP contribution in [-0.4, -0.2) is 14.7 Å². The van der Waals surface area contributed by atoms with E-state index in [9.17, 15) is 4.39 Å². The molecule has 2 aromatic heterocycles. The van der Waals surface area contributed by atoms with Crippen molar-refractivity contribution >= 4 is 23.0 Å². The third kappa shape index (κ3) is 2.98. The van der Waals surface area contributed by atoms with Gasteiger partial charge in [-0.1, -0.05) is 18.2 Å². The summed E-state index contributed by atoms with van der Waals surface area (Å²) in [5.41, 5.74) is 4.84. The largest absolute Gasteiger partial charge is 0.351 e. The molecule has 0 aliphatic carbocycles. The Kier molecular flexibility index (Phi) is 4.89. The van der Waals surface area contributed by atoms with Gasteiger partial charge in [0.2, 0.25) is 0 Å². The third-order valence-electron chi connectivity index (χ3n) is 5.46. The van der Waals surface area contributed by atoms with Crippen molar-refractivity contribution in [3.63, 3.8) is 0 Å². The predicted molar refractivity (Wildman–Crippen MR) is 114 cm³/mol. The minimum Gasteiger partial charge on any atom is -0.351 e. The molecule has 1 saturated heterocycles. The van der Waals surface area contributed by atoms with Crippen molar-refractivity contribution in [2.45, 2.75) is 39.4 Å². The molecule has 0 radical (unpaired) electrons. The predicted octanol–water partition coefficient (Wildman–Crippen LogP) is 4.84. The topological polar surface area (TPSA) is 33.1 Å². The summed E-state index contributed by atoms with van der Waals surface area (Å²) in [5, 5.41) is 3.89. The molecular formula is C22H23FN4S. The van der Waals surface area contributed by atoms with Crippen LogP contribution in [0.4, 0.5) is 10.1 Å². The lowest BCUT2D eigenvalue weighted by molar-refractivity contribution is 0.554. The number of thiocarbonyl (C=S) groups is 1. The summed E-state index contributed by atoms with van der Waals surface area (Å²) >= 11 is 5.66. The van der Waals surface area contributed by atoms with Gasteiger partial charge in [0.15, 0.2) is 5.11 Å². The average Bonchev–Trinajstić information content (AvgIpc) is 3.18. The third-order valence-corrected chi connectivity index (χ3v) is 5.77. The Morgan fingerprint density at radius 1 is 1.14 bits per heavy atom. The van der Waals surface area contributed by atoms with Crippen LogP contribution in [0.15, 0.2) is 54.7 Å². The van der Waals surface area contributed by atoms with Crippen molar-refractivity contribution in [3.05, 3.63) is 83.2 Å². The van der Waals surface area contributed by atoms with E-state index in [-0.39, 0.29) is 17.9 Å². The number of pyridine rings is 1. The van der Waals surface area contributed by atoms with Gasteiger partial charge in [-0.2, -0.15) is 0 Å². The average molecular weight is 395 g/mol.